The number of carbonyl (C=O) groups excluding carboxylic acids is 1. The maximum absolute atomic E-state index is 12.0. The van der Waals surface area contributed by atoms with Crippen LogP contribution >= 0.6 is 11.6 Å². The molecule has 27 heavy (non-hydrogen) atoms. The van der Waals surface area contributed by atoms with Crippen LogP contribution in [0.15, 0.2) is 47.4 Å². The average molecular weight is 390 g/mol. The molecule has 0 spiro atoms. The van der Waals surface area contributed by atoms with Gasteiger partial charge in [0.05, 0.1) is 11.2 Å². The number of carbonyl (C=O) groups is 1. The molecule has 0 unspecified atom stereocenters. The van der Waals surface area contributed by atoms with Crippen LogP contribution in [0.3, 0.4) is 0 Å². The second-order valence-electron chi connectivity index (χ2n) is 7.07. The molecule has 6 nitrogen and oxygen atoms in total. The van der Waals surface area contributed by atoms with E-state index in [0.717, 1.165) is 25.2 Å². The predicted octanol–water partition coefficient (Wildman–Crippen LogP) is 1.83. The molecule has 2 aromatic rings. The molecule has 7 heteroatoms. The number of pyridine rings is 1. The molecule has 1 aromatic carbocycles. The Morgan fingerprint density at radius 3 is 2.52 bits per heavy atom. The molecule has 1 aliphatic heterocycles. The molecule has 1 aromatic heterocycles. The third-order valence-corrected chi connectivity index (χ3v) is 5.25. The number of aromatic amines is 1. The van der Waals surface area contributed by atoms with Gasteiger partial charge in [0, 0.05) is 49.9 Å². The number of halogens is 1. The van der Waals surface area contributed by atoms with Gasteiger partial charge in [-0.15, -0.1) is 0 Å². The topological polar surface area (TPSA) is 85.4 Å². The van der Waals surface area contributed by atoms with Crippen molar-refractivity contribution >= 4 is 17.5 Å². The van der Waals surface area contributed by atoms with Crippen molar-refractivity contribution in [1.29, 1.82) is 0 Å². The van der Waals surface area contributed by atoms with E-state index in [2.05, 4.69) is 15.2 Å². The van der Waals surface area contributed by atoms with Gasteiger partial charge in [-0.05, 0) is 36.6 Å². The summed E-state index contributed by atoms with van der Waals surface area (Å²) in [5.41, 5.74) is 0.601. The molecule has 1 fully saturated rings. The van der Waals surface area contributed by atoms with E-state index >= 15 is 0 Å². The number of benzene rings is 1. The molecular weight excluding hydrogens is 366 g/mol. The summed E-state index contributed by atoms with van der Waals surface area (Å²) in [6.45, 7) is 2.83. The molecule has 0 radical (unpaired) electrons. The van der Waals surface area contributed by atoms with Crippen LogP contribution < -0.4 is 10.9 Å². The van der Waals surface area contributed by atoms with E-state index in [1.807, 2.05) is 24.3 Å². The molecule has 2 heterocycles. The van der Waals surface area contributed by atoms with E-state index in [4.69, 9.17) is 11.6 Å². The second-order valence-corrected chi connectivity index (χ2v) is 7.50. The molecule has 144 valence electrons. The van der Waals surface area contributed by atoms with Gasteiger partial charge in [-0.2, -0.15) is 0 Å². The quantitative estimate of drug-likeness (QED) is 0.703. The van der Waals surface area contributed by atoms with Crippen molar-refractivity contribution in [3.8, 4) is 0 Å². The molecule has 1 saturated heterocycles. The Kier molecular flexibility index (Phi) is 6.31. The van der Waals surface area contributed by atoms with Crippen LogP contribution in [0.5, 0.6) is 0 Å². The minimum absolute atomic E-state index is 0.206. The number of piperidine rings is 1. The Hall–Kier alpha value is -2.15. The fourth-order valence-electron chi connectivity index (χ4n) is 3.33. The number of nitrogens with one attached hydrogen (secondary N) is 2. The molecule has 0 bridgehead atoms. The minimum Gasteiger partial charge on any atom is -0.389 e. The summed E-state index contributed by atoms with van der Waals surface area (Å²) in [4.78, 5) is 27.8. The number of rotatable bonds is 6. The number of aromatic nitrogens is 1. The normalized spacial score (nSPS) is 16.8. The van der Waals surface area contributed by atoms with Gasteiger partial charge in [-0.3, -0.25) is 9.59 Å². The summed E-state index contributed by atoms with van der Waals surface area (Å²) in [5.74, 6) is -0.206. The first-order chi connectivity index (χ1) is 12.9. The van der Waals surface area contributed by atoms with Crippen molar-refractivity contribution in [1.82, 2.24) is 15.2 Å². The Labute approximate surface area is 163 Å². The molecule has 3 N–H and O–H groups in total. The zero-order valence-corrected chi connectivity index (χ0v) is 15.8. The molecule has 0 aliphatic carbocycles. The summed E-state index contributed by atoms with van der Waals surface area (Å²) >= 11 is 5.91. The SMILES string of the molecule is O=C(NCCN1CCC(O)(Cc2ccc(Cl)cc2)CC1)c1ccc(=O)[nH]c1. The smallest absolute Gasteiger partial charge is 0.252 e. The molecule has 0 saturated carbocycles. The van der Waals surface area contributed by atoms with Gasteiger partial charge >= 0.3 is 0 Å². The highest BCUT2D eigenvalue weighted by Crippen LogP contribution is 2.26. The second kappa shape index (κ2) is 8.69. The highest BCUT2D eigenvalue weighted by molar-refractivity contribution is 6.30. The van der Waals surface area contributed by atoms with Crippen molar-refractivity contribution in [3.63, 3.8) is 0 Å². The fourth-order valence-corrected chi connectivity index (χ4v) is 3.46. The van der Waals surface area contributed by atoms with Gasteiger partial charge in [-0.1, -0.05) is 23.7 Å². The number of aliphatic hydroxyl groups is 1. The molecular formula is C20H24ClN3O3. The van der Waals surface area contributed by atoms with Gasteiger partial charge in [0.1, 0.15) is 0 Å². The minimum atomic E-state index is -0.691. The predicted molar refractivity (Wildman–Crippen MR) is 105 cm³/mol. The van der Waals surface area contributed by atoms with Crippen molar-refractivity contribution in [2.75, 3.05) is 26.2 Å². The Morgan fingerprint density at radius 1 is 1.19 bits per heavy atom. The largest absolute Gasteiger partial charge is 0.389 e. The molecule has 3 rings (SSSR count). The molecule has 1 aliphatic rings. The van der Waals surface area contributed by atoms with Crippen molar-refractivity contribution in [3.05, 3.63) is 69.1 Å². The average Bonchev–Trinajstić information content (AvgIpc) is 2.66. The first kappa shape index (κ1) is 19.6. The first-order valence-corrected chi connectivity index (χ1v) is 9.47. The number of H-pyrrole nitrogens is 1. The summed E-state index contributed by atoms with van der Waals surface area (Å²) in [5, 5.41) is 14.4. The zero-order chi connectivity index (χ0) is 19.3. The monoisotopic (exact) mass is 389 g/mol. The number of amides is 1. The molecule has 1 amide bonds. The first-order valence-electron chi connectivity index (χ1n) is 9.10. The number of hydrogen-bond donors (Lipinski definition) is 3. The van der Waals surface area contributed by atoms with Crippen LogP contribution in [-0.2, 0) is 6.42 Å². The van der Waals surface area contributed by atoms with Crippen LogP contribution in [0.2, 0.25) is 5.02 Å². The van der Waals surface area contributed by atoms with Crippen LogP contribution in [0.25, 0.3) is 0 Å². The Balaban J connectivity index is 1.41. The van der Waals surface area contributed by atoms with Crippen LogP contribution in [0, 0.1) is 0 Å². The Morgan fingerprint density at radius 2 is 1.89 bits per heavy atom. The van der Waals surface area contributed by atoms with Crippen molar-refractivity contribution < 1.29 is 9.90 Å². The lowest BCUT2D eigenvalue weighted by Gasteiger charge is -2.38. The van der Waals surface area contributed by atoms with Gasteiger partial charge in [0.25, 0.3) is 5.91 Å². The highest BCUT2D eigenvalue weighted by atomic mass is 35.5. The van der Waals surface area contributed by atoms with Crippen LogP contribution in [0.1, 0.15) is 28.8 Å². The molecule has 0 atom stereocenters. The van der Waals surface area contributed by atoms with Crippen molar-refractivity contribution in [2.45, 2.75) is 24.9 Å². The number of nitrogens with zero attached hydrogens (tertiary/aromatic N) is 1. The maximum atomic E-state index is 12.0. The lowest BCUT2D eigenvalue weighted by Crippen LogP contribution is -2.47. The maximum Gasteiger partial charge on any atom is 0.252 e. The van der Waals surface area contributed by atoms with Gasteiger partial charge in [0.2, 0.25) is 5.56 Å². The highest BCUT2D eigenvalue weighted by Gasteiger charge is 2.32. The Bertz CT molecular complexity index is 807. The third-order valence-electron chi connectivity index (χ3n) is 4.99. The van der Waals surface area contributed by atoms with E-state index < -0.39 is 5.60 Å². The van der Waals surface area contributed by atoms with E-state index in [-0.39, 0.29) is 11.5 Å². The summed E-state index contributed by atoms with van der Waals surface area (Å²) < 4.78 is 0. The summed E-state index contributed by atoms with van der Waals surface area (Å²) in [6.07, 6.45) is 3.43. The van der Waals surface area contributed by atoms with Crippen LogP contribution in [0.4, 0.5) is 0 Å². The standard InChI is InChI=1S/C20H24ClN3O3/c21-17-4-1-15(2-5-17)13-20(27)7-10-24(11-8-20)12-9-22-19(26)16-3-6-18(25)23-14-16/h1-6,14,27H,7-13H2,(H,22,26)(H,23,25). The van der Waals surface area contributed by atoms with E-state index in [0.29, 0.717) is 36.4 Å². The summed E-state index contributed by atoms with van der Waals surface area (Å²) in [7, 11) is 0. The zero-order valence-electron chi connectivity index (χ0n) is 15.1. The van der Waals surface area contributed by atoms with Gasteiger partial charge in [-0.25, -0.2) is 0 Å². The van der Waals surface area contributed by atoms with Gasteiger partial charge < -0.3 is 20.3 Å². The van der Waals surface area contributed by atoms with Crippen molar-refractivity contribution in [2.24, 2.45) is 0 Å². The van der Waals surface area contributed by atoms with E-state index in [1.165, 1.54) is 18.3 Å². The fraction of sp³-hybridized carbons (Fsp3) is 0.400. The lowest BCUT2D eigenvalue weighted by atomic mass is 9.85. The number of likely N-dealkylation sites (tertiary alicyclic amines) is 1. The van der Waals surface area contributed by atoms with E-state index in [1.54, 1.807) is 0 Å². The summed E-state index contributed by atoms with van der Waals surface area (Å²) in [6, 6.07) is 10.5. The number of hydrogen-bond acceptors (Lipinski definition) is 4. The van der Waals surface area contributed by atoms with E-state index in [9.17, 15) is 14.7 Å². The van der Waals surface area contributed by atoms with Crippen LogP contribution in [-0.4, -0.2) is 52.7 Å². The third kappa shape index (κ3) is 5.66. The lowest BCUT2D eigenvalue weighted by molar-refractivity contribution is -0.0202. The van der Waals surface area contributed by atoms with Gasteiger partial charge in [0.15, 0.2) is 0 Å².